The molecule has 1 aliphatic heterocycles. The molecule has 166 valence electrons. The minimum atomic E-state index is -3.91. The predicted octanol–water partition coefficient (Wildman–Crippen LogP) is 4.42. The van der Waals surface area contributed by atoms with Gasteiger partial charge >= 0.3 is 0 Å². The molecule has 3 aromatic rings. The first-order chi connectivity index (χ1) is 15.2. The molecule has 0 atom stereocenters. The number of aryl methyl sites for hydroxylation is 2. The maximum atomic E-state index is 12.9. The van der Waals surface area contributed by atoms with Crippen LogP contribution in [0.25, 0.3) is 0 Å². The highest BCUT2D eigenvalue weighted by atomic mass is 35.5. The summed E-state index contributed by atoms with van der Waals surface area (Å²) in [6, 6.07) is 14.7. The van der Waals surface area contributed by atoms with E-state index in [0.717, 1.165) is 16.7 Å². The molecule has 0 saturated heterocycles. The fourth-order valence-electron chi connectivity index (χ4n) is 3.19. The predicted molar refractivity (Wildman–Crippen MR) is 122 cm³/mol. The summed E-state index contributed by atoms with van der Waals surface area (Å²) >= 11 is 6.19. The first-order valence-corrected chi connectivity index (χ1v) is 11.7. The number of carbonyl (C=O) groups excluding carboxylic acids is 1. The molecule has 1 aliphatic rings. The molecule has 2 N–H and O–H groups in total. The first kappa shape index (κ1) is 22.0. The van der Waals surface area contributed by atoms with E-state index in [-0.39, 0.29) is 28.8 Å². The number of nitrogens with one attached hydrogen (secondary N) is 2. The minimum absolute atomic E-state index is 0.0617. The molecule has 0 unspecified atom stereocenters. The lowest BCUT2D eigenvalue weighted by Crippen LogP contribution is -2.23. The van der Waals surface area contributed by atoms with Crippen LogP contribution in [0.3, 0.4) is 0 Å². The van der Waals surface area contributed by atoms with Crippen LogP contribution in [-0.4, -0.2) is 21.1 Å². The number of amides is 1. The van der Waals surface area contributed by atoms with Crippen LogP contribution in [0.15, 0.2) is 59.5 Å². The zero-order valence-corrected chi connectivity index (χ0v) is 19.0. The lowest BCUT2D eigenvalue weighted by molar-refractivity contribution is 0.0950. The number of fused-ring (bicyclic) bond motifs is 1. The van der Waals surface area contributed by atoms with Crippen LogP contribution in [0, 0.1) is 13.8 Å². The standard InChI is InChI=1S/C23H21ClN2O5S/c1-14-3-5-17(9-15(14)2)26-32(28,29)18-6-7-20(24)19(11-18)23(27)25-12-16-4-8-21-22(10-16)31-13-30-21/h3-11,26H,12-13H2,1-2H3,(H,25,27). The van der Waals surface area contributed by atoms with Gasteiger partial charge in [-0.15, -0.1) is 0 Å². The van der Waals surface area contributed by atoms with Gasteiger partial charge in [0.25, 0.3) is 15.9 Å². The third kappa shape index (κ3) is 4.66. The Bertz CT molecular complexity index is 1310. The Kier molecular flexibility index (Phi) is 5.99. The quantitative estimate of drug-likeness (QED) is 0.554. The van der Waals surface area contributed by atoms with E-state index in [2.05, 4.69) is 10.0 Å². The Morgan fingerprint density at radius 2 is 1.75 bits per heavy atom. The van der Waals surface area contributed by atoms with Crippen molar-refractivity contribution in [3.63, 3.8) is 0 Å². The summed E-state index contributed by atoms with van der Waals surface area (Å²) in [7, 11) is -3.91. The van der Waals surface area contributed by atoms with E-state index in [4.69, 9.17) is 21.1 Å². The van der Waals surface area contributed by atoms with Gasteiger partial charge in [0, 0.05) is 12.2 Å². The Labute approximate surface area is 191 Å². The molecule has 0 spiro atoms. The largest absolute Gasteiger partial charge is 0.454 e. The van der Waals surface area contributed by atoms with Crippen molar-refractivity contribution in [3.8, 4) is 11.5 Å². The average molecular weight is 473 g/mol. The number of hydrogen-bond donors (Lipinski definition) is 2. The molecule has 0 aliphatic carbocycles. The van der Waals surface area contributed by atoms with Crippen LogP contribution < -0.4 is 19.5 Å². The number of halogens is 1. The molecule has 0 radical (unpaired) electrons. The number of carbonyl (C=O) groups is 1. The van der Waals surface area contributed by atoms with Gasteiger partial charge in [-0.25, -0.2) is 8.42 Å². The molecule has 32 heavy (non-hydrogen) atoms. The van der Waals surface area contributed by atoms with Crippen LogP contribution in [0.1, 0.15) is 27.0 Å². The number of hydrogen-bond acceptors (Lipinski definition) is 5. The number of rotatable bonds is 6. The van der Waals surface area contributed by atoms with Crippen molar-refractivity contribution in [1.29, 1.82) is 0 Å². The van der Waals surface area contributed by atoms with E-state index >= 15 is 0 Å². The smallest absolute Gasteiger partial charge is 0.261 e. The van der Waals surface area contributed by atoms with E-state index in [1.807, 2.05) is 26.0 Å². The second-order valence-electron chi connectivity index (χ2n) is 7.42. The van der Waals surface area contributed by atoms with Gasteiger partial charge in [0.2, 0.25) is 6.79 Å². The molecule has 0 saturated carbocycles. The number of benzene rings is 3. The molecule has 0 fully saturated rings. The summed E-state index contributed by atoms with van der Waals surface area (Å²) in [5, 5.41) is 2.91. The topological polar surface area (TPSA) is 93.7 Å². The molecule has 1 heterocycles. The summed E-state index contributed by atoms with van der Waals surface area (Å²) in [6.07, 6.45) is 0. The zero-order chi connectivity index (χ0) is 22.9. The van der Waals surface area contributed by atoms with Crippen molar-refractivity contribution in [2.24, 2.45) is 0 Å². The number of ether oxygens (including phenoxy) is 2. The highest BCUT2D eigenvalue weighted by Crippen LogP contribution is 2.32. The Hall–Kier alpha value is -3.23. The molecular weight excluding hydrogens is 452 g/mol. The van der Waals surface area contributed by atoms with Crippen LogP contribution in [0.2, 0.25) is 5.02 Å². The van der Waals surface area contributed by atoms with E-state index < -0.39 is 15.9 Å². The molecule has 7 nitrogen and oxygen atoms in total. The third-order valence-corrected chi connectivity index (χ3v) is 6.85. The molecule has 0 bridgehead atoms. The van der Waals surface area contributed by atoms with Gasteiger partial charge in [-0.2, -0.15) is 0 Å². The van der Waals surface area contributed by atoms with E-state index in [1.165, 1.54) is 18.2 Å². The summed E-state index contributed by atoms with van der Waals surface area (Å²) in [5.74, 6) is 0.772. The monoisotopic (exact) mass is 472 g/mol. The number of sulfonamides is 1. The van der Waals surface area contributed by atoms with E-state index in [0.29, 0.717) is 17.2 Å². The van der Waals surface area contributed by atoms with E-state index in [1.54, 1.807) is 24.3 Å². The SMILES string of the molecule is Cc1ccc(NS(=O)(=O)c2ccc(Cl)c(C(=O)NCc3ccc4c(c3)OCO4)c2)cc1C. The van der Waals surface area contributed by atoms with Crippen molar-refractivity contribution >= 4 is 33.2 Å². The molecule has 0 aromatic heterocycles. The van der Waals surface area contributed by atoms with E-state index in [9.17, 15) is 13.2 Å². The third-order valence-electron chi connectivity index (χ3n) is 5.14. The summed E-state index contributed by atoms with van der Waals surface area (Å²) in [4.78, 5) is 12.7. The van der Waals surface area contributed by atoms with Crippen LogP contribution >= 0.6 is 11.6 Å². The summed E-state index contributed by atoms with van der Waals surface area (Å²) < 4.78 is 38.9. The molecular formula is C23H21ClN2O5S. The minimum Gasteiger partial charge on any atom is -0.454 e. The molecule has 4 rings (SSSR count). The van der Waals surface area contributed by atoms with Gasteiger partial charge in [-0.1, -0.05) is 23.7 Å². The lowest BCUT2D eigenvalue weighted by Gasteiger charge is -2.12. The Morgan fingerprint density at radius 1 is 0.969 bits per heavy atom. The van der Waals surface area contributed by atoms with Gasteiger partial charge in [0.15, 0.2) is 11.5 Å². The Morgan fingerprint density at radius 3 is 2.53 bits per heavy atom. The van der Waals surface area contributed by atoms with Gasteiger partial charge in [-0.05, 0) is 73.0 Å². The first-order valence-electron chi connectivity index (χ1n) is 9.79. The Balaban J connectivity index is 1.51. The summed E-state index contributed by atoms with van der Waals surface area (Å²) in [6.45, 7) is 4.22. The highest BCUT2D eigenvalue weighted by molar-refractivity contribution is 7.92. The fraction of sp³-hybridized carbons (Fsp3) is 0.174. The molecule has 3 aromatic carbocycles. The van der Waals surface area contributed by atoms with Crippen molar-refractivity contribution in [2.75, 3.05) is 11.5 Å². The van der Waals surface area contributed by atoms with Crippen molar-refractivity contribution < 1.29 is 22.7 Å². The maximum Gasteiger partial charge on any atom is 0.261 e. The number of anilines is 1. The fourth-order valence-corrected chi connectivity index (χ4v) is 4.47. The van der Waals surface area contributed by atoms with Crippen molar-refractivity contribution in [2.45, 2.75) is 25.3 Å². The van der Waals surface area contributed by atoms with Gasteiger partial charge in [0.1, 0.15) is 0 Å². The van der Waals surface area contributed by atoms with Crippen molar-refractivity contribution in [1.82, 2.24) is 5.32 Å². The highest BCUT2D eigenvalue weighted by Gasteiger charge is 2.20. The van der Waals surface area contributed by atoms with Crippen LogP contribution in [-0.2, 0) is 16.6 Å². The second kappa shape index (κ2) is 8.72. The van der Waals surface area contributed by atoms with Crippen molar-refractivity contribution in [3.05, 3.63) is 81.9 Å². The van der Waals surface area contributed by atoms with Gasteiger partial charge in [0.05, 0.1) is 15.5 Å². The molecule has 1 amide bonds. The second-order valence-corrected chi connectivity index (χ2v) is 9.51. The van der Waals surface area contributed by atoms with Gasteiger partial charge < -0.3 is 14.8 Å². The average Bonchev–Trinajstić information content (AvgIpc) is 3.22. The maximum absolute atomic E-state index is 12.9. The zero-order valence-electron chi connectivity index (χ0n) is 17.4. The normalized spacial score (nSPS) is 12.5. The molecule has 9 heteroatoms. The van der Waals surface area contributed by atoms with Crippen LogP contribution in [0.5, 0.6) is 11.5 Å². The summed E-state index contributed by atoms with van der Waals surface area (Å²) in [5.41, 5.74) is 3.33. The van der Waals surface area contributed by atoms with Gasteiger partial charge in [-0.3, -0.25) is 9.52 Å². The van der Waals surface area contributed by atoms with Crippen LogP contribution in [0.4, 0.5) is 5.69 Å². The lowest BCUT2D eigenvalue weighted by atomic mass is 10.1.